The minimum Gasteiger partial charge on any atom is -0.338 e. The number of amides is 2. The molecule has 1 atom stereocenters. The van der Waals surface area contributed by atoms with Gasteiger partial charge in [-0.15, -0.1) is 0 Å². The molecule has 2 amide bonds. The molecule has 2 aliphatic rings. The molecule has 1 unspecified atom stereocenters. The number of hydrogen-bond donors (Lipinski definition) is 0. The van der Waals surface area contributed by atoms with Gasteiger partial charge in [0.25, 0.3) is 11.6 Å². The molecule has 2 aromatic rings. The van der Waals surface area contributed by atoms with Crippen molar-refractivity contribution in [1.82, 2.24) is 14.7 Å². The second kappa shape index (κ2) is 9.48. The Bertz CT molecular complexity index is 1000. The number of nitro groups is 1. The van der Waals surface area contributed by atoms with Gasteiger partial charge in [-0.3, -0.25) is 24.6 Å². The molecule has 4 rings (SSSR count). The third-order valence-corrected chi connectivity index (χ3v) is 6.37. The van der Waals surface area contributed by atoms with E-state index >= 15 is 0 Å². The SMILES string of the molecule is Cc1cc(C(=O)N2CCCC2C(=O)N2CCN(Cc3ccccc3)CC2)ccc1[N+](=O)[O-]. The first kappa shape index (κ1) is 22.0. The van der Waals surface area contributed by atoms with Crippen LogP contribution in [0, 0.1) is 17.0 Å². The maximum atomic E-state index is 13.2. The van der Waals surface area contributed by atoms with Crippen molar-refractivity contribution in [2.45, 2.75) is 32.4 Å². The van der Waals surface area contributed by atoms with Crippen LogP contribution in [-0.2, 0) is 11.3 Å². The minimum atomic E-state index is -0.460. The standard InChI is InChI=1S/C24H28N4O4/c1-18-16-20(9-10-21(18)28(31)32)23(29)27-11-5-8-22(27)24(30)26-14-12-25(13-15-26)17-19-6-3-2-4-7-19/h2-4,6-7,9-10,16,22H,5,8,11-15,17H2,1H3. The second-order valence-corrected chi connectivity index (χ2v) is 8.50. The average molecular weight is 437 g/mol. The van der Waals surface area contributed by atoms with Crippen LogP contribution in [0.15, 0.2) is 48.5 Å². The van der Waals surface area contributed by atoms with E-state index in [9.17, 15) is 19.7 Å². The van der Waals surface area contributed by atoms with Gasteiger partial charge in [-0.25, -0.2) is 0 Å². The summed E-state index contributed by atoms with van der Waals surface area (Å²) >= 11 is 0. The Morgan fingerprint density at radius 2 is 1.75 bits per heavy atom. The van der Waals surface area contributed by atoms with Crippen molar-refractivity contribution in [2.75, 3.05) is 32.7 Å². The number of likely N-dealkylation sites (tertiary alicyclic amines) is 1. The highest BCUT2D eigenvalue weighted by atomic mass is 16.6. The summed E-state index contributed by atoms with van der Waals surface area (Å²) in [7, 11) is 0. The number of benzene rings is 2. The largest absolute Gasteiger partial charge is 0.338 e. The molecular weight excluding hydrogens is 408 g/mol. The van der Waals surface area contributed by atoms with E-state index in [-0.39, 0.29) is 17.5 Å². The lowest BCUT2D eigenvalue weighted by atomic mass is 10.1. The Morgan fingerprint density at radius 3 is 2.41 bits per heavy atom. The summed E-state index contributed by atoms with van der Waals surface area (Å²) in [6.45, 7) is 5.94. The lowest BCUT2D eigenvalue weighted by Crippen LogP contribution is -2.54. The van der Waals surface area contributed by atoms with Crippen LogP contribution in [0.4, 0.5) is 5.69 Å². The van der Waals surface area contributed by atoms with Crippen LogP contribution in [0.25, 0.3) is 0 Å². The summed E-state index contributed by atoms with van der Waals surface area (Å²) < 4.78 is 0. The van der Waals surface area contributed by atoms with Crippen molar-refractivity contribution in [1.29, 1.82) is 0 Å². The fourth-order valence-corrected chi connectivity index (χ4v) is 4.60. The van der Waals surface area contributed by atoms with Gasteiger partial charge in [-0.05, 0) is 37.5 Å². The van der Waals surface area contributed by atoms with E-state index in [0.29, 0.717) is 37.2 Å². The summed E-state index contributed by atoms with van der Waals surface area (Å²) in [5, 5.41) is 11.1. The van der Waals surface area contributed by atoms with Gasteiger partial charge in [0.05, 0.1) is 4.92 Å². The average Bonchev–Trinajstić information content (AvgIpc) is 3.29. The first-order chi connectivity index (χ1) is 15.4. The van der Waals surface area contributed by atoms with E-state index in [2.05, 4.69) is 17.0 Å². The van der Waals surface area contributed by atoms with Crippen molar-refractivity contribution in [3.8, 4) is 0 Å². The number of hydrogen-bond acceptors (Lipinski definition) is 5. The van der Waals surface area contributed by atoms with Crippen LogP contribution in [-0.4, -0.2) is 70.2 Å². The minimum absolute atomic E-state index is 0.00819. The zero-order valence-electron chi connectivity index (χ0n) is 18.3. The van der Waals surface area contributed by atoms with Crippen molar-refractivity contribution in [2.24, 2.45) is 0 Å². The van der Waals surface area contributed by atoms with Crippen molar-refractivity contribution >= 4 is 17.5 Å². The maximum absolute atomic E-state index is 13.2. The van der Waals surface area contributed by atoms with Gasteiger partial charge in [-0.1, -0.05) is 30.3 Å². The smallest absolute Gasteiger partial charge is 0.272 e. The predicted octanol–water partition coefficient (Wildman–Crippen LogP) is 2.85. The Balaban J connectivity index is 1.38. The lowest BCUT2D eigenvalue weighted by molar-refractivity contribution is -0.385. The van der Waals surface area contributed by atoms with E-state index < -0.39 is 11.0 Å². The molecule has 8 nitrogen and oxygen atoms in total. The molecule has 0 bridgehead atoms. The Kier molecular flexibility index (Phi) is 6.50. The van der Waals surface area contributed by atoms with Gasteiger partial charge in [0.1, 0.15) is 6.04 Å². The van der Waals surface area contributed by atoms with E-state index in [1.54, 1.807) is 17.9 Å². The number of rotatable bonds is 5. The molecule has 2 aliphatic heterocycles. The fraction of sp³-hybridized carbons (Fsp3) is 0.417. The molecule has 0 N–H and O–H groups in total. The number of aryl methyl sites for hydroxylation is 1. The third-order valence-electron chi connectivity index (χ3n) is 6.37. The molecule has 2 heterocycles. The van der Waals surface area contributed by atoms with Crippen LogP contribution in [0.2, 0.25) is 0 Å². The third kappa shape index (κ3) is 4.65. The second-order valence-electron chi connectivity index (χ2n) is 8.50. The Morgan fingerprint density at radius 1 is 1.03 bits per heavy atom. The van der Waals surface area contributed by atoms with Gasteiger partial charge < -0.3 is 9.80 Å². The molecule has 2 aromatic carbocycles. The van der Waals surface area contributed by atoms with E-state index in [1.165, 1.54) is 17.7 Å². The number of nitrogens with zero attached hydrogens (tertiary/aromatic N) is 4. The lowest BCUT2D eigenvalue weighted by Gasteiger charge is -2.37. The quantitative estimate of drug-likeness (QED) is 0.531. The fourth-order valence-electron chi connectivity index (χ4n) is 4.60. The van der Waals surface area contributed by atoms with Crippen LogP contribution in [0.1, 0.15) is 34.3 Å². The van der Waals surface area contributed by atoms with Gasteiger partial charge in [0.15, 0.2) is 0 Å². The highest BCUT2D eigenvalue weighted by molar-refractivity contribution is 5.98. The molecule has 0 aliphatic carbocycles. The van der Waals surface area contributed by atoms with Gasteiger partial charge in [-0.2, -0.15) is 0 Å². The summed E-state index contributed by atoms with van der Waals surface area (Å²) in [4.78, 5) is 42.8. The Hall–Kier alpha value is -3.26. The molecule has 2 saturated heterocycles. The first-order valence-corrected chi connectivity index (χ1v) is 11.0. The van der Waals surface area contributed by atoms with Crippen molar-refractivity contribution in [3.05, 3.63) is 75.3 Å². The van der Waals surface area contributed by atoms with Crippen LogP contribution < -0.4 is 0 Å². The molecule has 2 fully saturated rings. The zero-order chi connectivity index (χ0) is 22.7. The first-order valence-electron chi connectivity index (χ1n) is 11.0. The number of carbonyl (C=O) groups is 2. The molecule has 0 radical (unpaired) electrons. The molecular formula is C24H28N4O4. The molecule has 32 heavy (non-hydrogen) atoms. The normalized spacial score (nSPS) is 19.2. The predicted molar refractivity (Wildman–Crippen MR) is 120 cm³/mol. The van der Waals surface area contributed by atoms with E-state index in [4.69, 9.17) is 0 Å². The van der Waals surface area contributed by atoms with Gasteiger partial charge >= 0.3 is 0 Å². The molecule has 168 valence electrons. The number of nitro benzene ring substituents is 1. The van der Waals surface area contributed by atoms with Crippen LogP contribution >= 0.6 is 0 Å². The van der Waals surface area contributed by atoms with Crippen molar-refractivity contribution in [3.63, 3.8) is 0 Å². The van der Waals surface area contributed by atoms with Crippen LogP contribution in [0.3, 0.4) is 0 Å². The molecule has 0 saturated carbocycles. The van der Waals surface area contributed by atoms with Gasteiger partial charge in [0.2, 0.25) is 5.91 Å². The summed E-state index contributed by atoms with van der Waals surface area (Å²) in [5.74, 6) is -0.226. The molecule has 0 spiro atoms. The van der Waals surface area contributed by atoms with Gasteiger partial charge in [0, 0.05) is 56.5 Å². The topological polar surface area (TPSA) is 87.0 Å². The number of piperazine rings is 1. The zero-order valence-corrected chi connectivity index (χ0v) is 18.3. The van der Waals surface area contributed by atoms with E-state index in [1.807, 2.05) is 23.1 Å². The summed E-state index contributed by atoms with van der Waals surface area (Å²) in [6, 6.07) is 14.2. The molecule has 8 heteroatoms. The summed E-state index contributed by atoms with van der Waals surface area (Å²) in [6.07, 6.45) is 1.43. The summed E-state index contributed by atoms with van der Waals surface area (Å²) in [5.41, 5.74) is 2.08. The Labute approximate surface area is 187 Å². The van der Waals surface area contributed by atoms with E-state index in [0.717, 1.165) is 26.1 Å². The maximum Gasteiger partial charge on any atom is 0.272 e. The van der Waals surface area contributed by atoms with Crippen LogP contribution in [0.5, 0.6) is 0 Å². The monoisotopic (exact) mass is 436 g/mol. The van der Waals surface area contributed by atoms with Crippen molar-refractivity contribution < 1.29 is 14.5 Å². The highest BCUT2D eigenvalue weighted by Gasteiger charge is 2.37. The number of carbonyl (C=O) groups excluding carboxylic acids is 2. The highest BCUT2D eigenvalue weighted by Crippen LogP contribution is 2.25. The molecule has 0 aromatic heterocycles.